The summed E-state index contributed by atoms with van der Waals surface area (Å²) in [4.78, 5) is 39.6. The number of hydrogen-bond donors (Lipinski definition) is 2. The Labute approximate surface area is 204 Å². The zero-order valence-electron chi connectivity index (χ0n) is 19.0. The number of halogens is 1. The molecule has 0 spiro atoms. The first-order valence-corrected chi connectivity index (χ1v) is 12.5. The van der Waals surface area contributed by atoms with E-state index in [1.54, 1.807) is 44.4 Å². The van der Waals surface area contributed by atoms with Crippen LogP contribution in [-0.4, -0.2) is 49.0 Å². The Morgan fingerprint density at radius 1 is 1.03 bits per heavy atom. The Bertz CT molecular complexity index is 1010. The van der Waals surface area contributed by atoms with Gasteiger partial charge in [-0.2, -0.15) is 0 Å². The summed E-state index contributed by atoms with van der Waals surface area (Å²) in [6.07, 6.45) is 6.16. The number of carbonyl (C=O) groups excluding carboxylic acids is 3. The zero-order valence-corrected chi connectivity index (χ0v) is 20.6. The Morgan fingerprint density at radius 3 is 2.45 bits per heavy atom. The Kier molecular flexibility index (Phi) is 9.21. The molecule has 33 heavy (non-hydrogen) atoms. The molecule has 0 aromatic heterocycles. The van der Waals surface area contributed by atoms with Crippen LogP contribution in [0.4, 0.5) is 5.69 Å². The molecular weight excluding hydrogens is 458 g/mol. The predicted octanol–water partition coefficient (Wildman–Crippen LogP) is 5.08. The standard InChI is InChI=1S/C25H30ClN3O3S/c1-29(2)25(32)19-13-12-18(14-21(19)26)28-24(31)20-10-6-7-11-22(20)33-16-23(30)27-15-17-8-4-3-5-9-17/h6-7,10-14,17H,3-5,8-9,15-16H2,1-2H3,(H,27,30)(H,28,31). The number of nitrogens with zero attached hydrogens (tertiary/aromatic N) is 1. The third kappa shape index (κ3) is 7.24. The molecule has 6 nitrogen and oxygen atoms in total. The van der Waals surface area contributed by atoms with Crippen molar-refractivity contribution in [2.75, 3.05) is 31.7 Å². The van der Waals surface area contributed by atoms with Crippen LogP contribution in [0.2, 0.25) is 5.02 Å². The van der Waals surface area contributed by atoms with Gasteiger partial charge in [-0.05, 0) is 49.1 Å². The summed E-state index contributed by atoms with van der Waals surface area (Å²) < 4.78 is 0. The van der Waals surface area contributed by atoms with Crippen LogP contribution < -0.4 is 10.6 Å². The van der Waals surface area contributed by atoms with E-state index < -0.39 is 0 Å². The topological polar surface area (TPSA) is 78.5 Å². The number of carbonyl (C=O) groups is 3. The molecule has 0 heterocycles. The second-order valence-electron chi connectivity index (χ2n) is 8.44. The minimum Gasteiger partial charge on any atom is -0.355 e. The van der Waals surface area contributed by atoms with Crippen molar-refractivity contribution in [3.63, 3.8) is 0 Å². The van der Waals surface area contributed by atoms with Crippen LogP contribution in [0, 0.1) is 5.92 Å². The van der Waals surface area contributed by atoms with Crippen molar-refractivity contribution >= 4 is 46.8 Å². The highest BCUT2D eigenvalue weighted by molar-refractivity contribution is 8.00. The Hall–Kier alpha value is -2.51. The van der Waals surface area contributed by atoms with Gasteiger partial charge < -0.3 is 15.5 Å². The summed E-state index contributed by atoms with van der Waals surface area (Å²) in [5.41, 5.74) is 1.34. The van der Waals surface area contributed by atoms with Gasteiger partial charge in [0.1, 0.15) is 0 Å². The van der Waals surface area contributed by atoms with Crippen molar-refractivity contribution in [1.29, 1.82) is 0 Å². The molecule has 2 N–H and O–H groups in total. The fraction of sp³-hybridized carbons (Fsp3) is 0.400. The number of rotatable bonds is 8. The van der Waals surface area contributed by atoms with Crippen molar-refractivity contribution in [2.24, 2.45) is 5.92 Å². The van der Waals surface area contributed by atoms with E-state index in [0.717, 1.165) is 11.4 Å². The van der Waals surface area contributed by atoms with Gasteiger partial charge in [0.15, 0.2) is 0 Å². The lowest BCUT2D eigenvalue weighted by molar-refractivity contribution is -0.118. The van der Waals surface area contributed by atoms with Crippen molar-refractivity contribution in [2.45, 2.75) is 37.0 Å². The number of nitrogens with one attached hydrogen (secondary N) is 2. The van der Waals surface area contributed by atoms with Crippen LogP contribution in [0.3, 0.4) is 0 Å². The molecule has 0 bridgehead atoms. The second kappa shape index (κ2) is 12.1. The maximum Gasteiger partial charge on any atom is 0.256 e. The van der Waals surface area contributed by atoms with Gasteiger partial charge in [0.25, 0.3) is 11.8 Å². The first-order valence-electron chi connectivity index (χ1n) is 11.2. The van der Waals surface area contributed by atoms with Crippen molar-refractivity contribution < 1.29 is 14.4 Å². The number of thioether (sulfide) groups is 1. The Balaban J connectivity index is 1.59. The molecule has 8 heteroatoms. The molecule has 176 valence electrons. The van der Waals surface area contributed by atoms with E-state index in [9.17, 15) is 14.4 Å². The molecule has 1 aliphatic carbocycles. The molecule has 2 aromatic carbocycles. The maximum atomic E-state index is 12.9. The fourth-order valence-corrected chi connectivity index (χ4v) is 4.97. The van der Waals surface area contributed by atoms with E-state index in [0.29, 0.717) is 22.7 Å². The highest BCUT2D eigenvalue weighted by Crippen LogP contribution is 2.26. The minimum atomic E-state index is -0.302. The monoisotopic (exact) mass is 487 g/mol. The van der Waals surface area contributed by atoms with Gasteiger partial charge in [-0.1, -0.05) is 43.0 Å². The lowest BCUT2D eigenvalue weighted by atomic mass is 9.89. The van der Waals surface area contributed by atoms with Gasteiger partial charge in [-0.3, -0.25) is 14.4 Å². The largest absolute Gasteiger partial charge is 0.355 e. The number of anilines is 1. The zero-order chi connectivity index (χ0) is 23.8. The molecule has 1 saturated carbocycles. The molecule has 1 fully saturated rings. The van der Waals surface area contributed by atoms with Gasteiger partial charge in [-0.15, -0.1) is 11.8 Å². The number of amides is 3. The van der Waals surface area contributed by atoms with E-state index in [-0.39, 0.29) is 28.5 Å². The van der Waals surface area contributed by atoms with E-state index in [4.69, 9.17) is 11.6 Å². The molecule has 2 aromatic rings. The van der Waals surface area contributed by atoms with Crippen molar-refractivity contribution in [3.05, 3.63) is 58.6 Å². The third-order valence-electron chi connectivity index (χ3n) is 5.67. The summed E-state index contributed by atoms with van der Waals surface area (Å²) in [7, 11) is 3.30. The van der Waals surface area contributed by atoms with Crippen LogP contribution in [0.5, 0.6) is 0 Å². The molecule has 3 rings (SSSR count). The normalized spacial score (nSPS) is 13.9. The molecule has 0 radical (unpaired) electrons. The average Bonchev–Trinajstić information content (AvgIpc) is 2.82. The molecule has 0 saturated heterocycles. The maximum absolute atomic E-state index is 12.9. The van der Waals surface area contributed by atoms with E-state index in [1.807, 2.05) is 12.1 Å². The quantitative estimate of drug-likeness (QED) is 0.509. The molecule has 1 aliphatic rings. The average molecular weight is 488 g/mol. The number of benzene rings is 2. The summed E-state index contributed by atoms with van der Waals surface area (Å²) in [6, 6.07) is 12.0. The summed E-state index contributed by atoms with van der Waals surface area (Å²) >= 11 is 7.60. The lowest BCUT2D eigenvalue weighted by Crippen LogP contribution is -2.31. The van der Waals surface area contributed by atoms with E-state index >= 15 is 0 Å². The Morgan fingerprint density at radius 2 is 1.76 bits per heavy atom. The van der Waals surface area contributed by atoms with Gasteiger partial charge in [0, 0.05) is 31.2 Å². The second-order valence-corrected chi connectivity index (χ2v) is 9.87. The molecule has 0 unspecified atom stereocenters. The predicted molar refractivity (Wildman–Crippen MR) is 134 cm³/mol. The summed E-state index contributed by atoms with van der Waals surface area (Å²) in [6.45, 7) is 0.731. The first-order chi connectivity index (χ1) is 15.8. The van der Waals surface area contributed by atoms with Gasteiger partial charge in [0.05, 0.1) is 21.9 Å². The number of hydrogen-bond acceptors (Lipinski definition) is 4. The molecular formula is C25H30ClN3O3S. The van der Waals surface area contributed by atoms with Crippen LogP contribution >= 0.6 is 23.4 Å². The van der Waals surface area contributed by atoms with E-state index in [2.05, 4.69) is 10.6 Å². The van der Waals surface area contributed by atoms with Gasteiger partial charge in [-0.25, -0.2) is 0 Å². The van der Waals surface area contributed by atoms with E-state index in [1.165, 1.54) is 48.8 Å². The summed E-state index contributed by atoms with van der Waals surface area (Å²) in [5.74, 6) is 0.306. The highest BCUT2D eigenvalue weighted by atomic mass is 35.5. The van der Waals surface area contributed by atoms with Crippen molar-refractivity contribution in [1.82, 2.24) is 10.2 Å². The highest BCUT2D eigenvalue weighted by Gasteiger charge is 2.17. The molecule has 0 aliphatic heterocycles. The van der Waals surface area contributed by atoms with Gasteiger partial charge >= 0.3 is 0 Å². The van der Waals surface area contributed by atoms with Crippen molar-refractivity contribution in [3.8, 4) is 0 Å². The third-order valence-corrected chi connectivity index (χ3v) is 7.05. The van der Waals surface area contributed by atoms with Crippen LogP contribution in [0.1, 0.15) is 52.8 Å². The lowest BCUT2D eigenvalue weighted by Gasteiger charge is -2.21. The fourth-order valence-electron chi connectivity index (χ4n) is 3.83. The summed E-state index contributed by atoms with van der Waals surface area (Å²) in [5, 5.41) is 6.13. The smallest absolute Gasteiger partial charge is 0.256 e. The molecule has 0 atom stereocenters. The van der Waals surface area contributed by atoms with Crippen LogP contribution in [0.25, 0.3) is 0 Å². The molecule has 3 amide bonds. The SMILES string of the molecule is CN(C)C(=O)c1ccc(NC(=O)c2ccccc2SCC(=O)NCC2CCCCC2)cc1Cl. The van der Waals surface area contributed by atoms with Crippen LogP contribution in [0.15, 0.2) is 47.4 Å². The van der Waals surface area contributed by atoms with Gasteiger partial charge in [0.2, 0.25) is 5.91 Å². The van der Waals surface area contributed by atoms with Crippen LogP contribution in [-0.2, 0) is 4.79 Å². The first kappa shape index (κ1) is 25.1. The minimum absolute atomic E-state index is 0.0197.